The number of benzene rings is 1. The highest BCUT2D eigenvalue weighted by Crippen LogP contribution is 2.21. The first-order valence-corrected chi connectivity index (χ1v) is 11.8. The summed E-state index contributed by atoms with van der Waals surface area (Å²) < 4.78 is 10.7. The number of nitrogens with zero attached hydrogens (tertiary/aromatic N) is 4. The van der Waals surface area contributed by atoms with Crippen LogP contribution in [0.5, 0.6) is 0 Å². The first-order valence-electron chi connectivity index (χ1n) is 11.8. The minimum Gasteiger partial charge on any atom is -0.378 e. The molecule has 3 rings (SSSR count). The van der Waals surface area contributed by atoms with Crippen molar-refractivity contribution in [2.75, 3.05) is 68.1 Å². The van der Waals surface area contributed by atoms with E-state index in [1.807, 2.05) is 26.0 Å². The third-order valence-electron chi connectivity index (χ3n) is 4.98. The van der Waals surface area contributed by atoms with Gasteiger partial charge in [0.1, 0.15) is 0 Å². The van der Waals surface area contributed by atoms with Crippen molar-refractivity contribution in [1.82, 2.24) is 20.3 Å². The van der Waals surface area contributed by atoms with E-state index in [-0.39, 0.29) is 11.9 Å². The predicted octanol–water partition coefficient (Wildman–Crippen LogP) is 1.76. The van der Waals surface area contributed by atoms with Crippen molar-refractivity contribution in [2.24, 2.45) is 5.73 Å². The second-order valence-electron chi connectivity index (χ2n) is 8.25. The molecule has 1 aromatic heterocycles. The van der Waals surface area contributed by atoms with Crippen LogP contribution in [-0.2, 0) is 9.47 Å². The van der Waals surface area contributed by atoms with Crippen LogP contribution in [0.3, 0.4) is 0 Å². The van der Waals surface area contributed by atoms with E-state index in [1.54, 1.807) is 12.1 Å². The van der Waals surface area contributed by atoms with E-state index in [0.29, 0.717) is 62.9 Å². The molecule has 0 aliphatic carbocycles. The number of rotatable bonds is 14. The summed E-state index contributed by atoms with van der Waals surface area (Å²) in [6, 6.07) is 7.41. The van der Waals surface area contributed by atoms with Gasteiger partial charge in [0.05, 0.1) is 26.4 Å². The second kappa shape index (κ2) is 13.6. The lowest BCUT2D eigenvalue weighted by Crippen LogP contribution is -2.27. The molecular formula is C23H36N8O3. The average Bonchev–Trinajstić information content (AvgIpc) is 3.35. The van der Waals surface area contributed by atoms with E-state index in [0.717, 1.165) is 31.6 Å². The summed E-state index contributed by atoms with van der Waals surface area (Å²) in [6.45, 7) is 8.73. The van der Waals surface area contributed by atoms with E-state index >= 15 is 0 Å². The minimum absolute atomic E-state index is 0.179. The monoisotopic (exact) mass is 472 g/mol. The van der Waals surface area contributed by atoms with Gasteiger partial charge in [-0.1, -0.05) is 6.07 Å². The first-order chi connectivity index (χ1) is 16.5. The fourth-order valence-electron chi connectivity index (χ4n) is 3.41. The Kier molecular flexibility index (Phi) is 10.3. The molecule has 5 N–H and O–H groups in total. The number of ether oxygens (including phenoxy) is 2. The van der Waals surface area contributed by atoms with Gasteiger partial charge in [0.2, 0.25) is 17.8 Å². The number of carbonyl (C=O) groups is 1. The summed E-state index contributed by atoms with van der Waals surface area (Å²) in [4.78, 5) is 28.4. The van der Waals surface area contributed by atoms with Gasteiger partial charge in [-0.2, -0.15) is 15.0 Å². The van der Waals surface area contributed by atoms with Gasteiger partial charge in [0, 0.05) is 43.5 Å². The SMILES string of the molecule is CC(C)Nc1nc(Nc2cccc(C(=O)NCCOCCOCCN)c2)nc(N2CCCC2)n1. The Labute approximate surface area is 200 Å². The molecule has 186 valence electrons. The molecular weight excluding hydrogens is 436 g/mol. The number of carbonyl (C=O) groups excluding carboxylic acids is 1. The van der Waals surface area contributed by atoms with E-state index in [9.17, 15) is 4.79 Å². The van der Waals surface area contributed by atoms with E-state index in [1.165, 1.54) is 0 Å². The van der Waals surface area contributed by atoms with Crippen LogP contribution >= 0.6 is 0 Å². The number of nitrogens with two attached hydrogens (primary N) is 1. The summed E-state index contributed by atoms with van der Waals surface area (Å²) in [7, 11) is 0. The maximum absolute atomic E-state index is 12.5. The maximum Gasteiger partial charge on any atom is 0.251 e. The van der Waals surface area contributed by atoms with Gasteiger partial charge in [0.25, 0.3) is 5.91 Å². The first kappa shape index (κ1) is 25.6. The van der Waals surface area contributed by atoms with Crippen LogP contribution in [0.25, 0.3) is 0 Å². The van der Waals surface area contributed by atoms with Crippen molar-refractivity contribution in [3.8, 4) is 0 Å². The maximum atomic E-state index is 12.5. The smallest absolute Gasteiger partial charge is 0.251 e. The third kappa shape index (κ3) is 8.40. The van der Waals surface area contributed by atoms with Gasteiger partial charge in [-0.25, -0.2) is 0 Å². The summed E-state index contributed by atoms with van der Waals surface area (Å²) >= 11 is 0. The van der Waals surface area contributed by atoms with Crippen molar-refractivity contribution >= 4 is 29.4 Å². The number of aromatic nitrogens is 3. The zero-order valence-corrected chi connectivity index (χ0v) is 20.0. The quantitative estimate of drug-likeness (QED) is 0.301. The largest absolute Gasteiger partial charge is 0.378 e. The van der Waals surface area contributed by atoms with Crippen LogP contribution in [0.15, 0.2) is 24.3 Å². The van der Waals surface area contributed by atoms with Crippen molar-refractivity contribution in [1.29, 1.82) is 0 Å². The van der Waals surface area contributed by atoms with Crippen LogP contribution in [0.4, 0.5) is 23.5 Å². The summed E-state index contributed by atoms with van der Waals surface area (Å²) in [5.41, 5.74) is 6.61. The fourth-order valence-corrected chi connectivity index (χ4v) is 3.41. The number of anilines is 4. The summed E-state index contributed by atoms with van der Waals surface area (Å²) in [6.07, 6.45) is 2.26. The molecule has 1 amide bonds. The molecule has 0 unspecified atom stereocenters. The highest BCUT2D eigenvalue weighted by molar-refractivity contribution is 5.95. The molecule has 1 fully saturated rings. The van der Waals surface area contributed by atoms with Gasteiger partial charge in [-0.3, -0.25) is 4.79 Å². The molecule has 11 nitrogen and oxygen atoms in total. The average molecular weight is 473 g/mol. The number of nitrogens with one attached hydrogen (secondary N) is 3. The summed E-state index contributed by atoms with van der Waals surface area (Å²) in [5.74, 6) is 1.43. The van der Waals surface area contributed by atoms with Crippen LogP contribution < -0.4 is 26.6 Å². The standard InChI is InChI=1S/C23H36N8O3/c1-17(2)26-21-28-22(30-23(29-21)31-10-3-4-11-31)27-19-7-5-6-18(16-19)20(32)25-9-13-34-15-14-33-12-8-24/h5-7,16-17H,3-4,8-15,24H2,1-2H3,(H,25,32)(H2,26,27,28,29,30). The van der Waals surface area contributed by atoms with Crippen molar-refractivity contribution < 1.29 is 14.3 Å². The Morgan fingerprint density at radius 3 is 2.53 bits per heavy atom. The van der Waals surface area contributed by atoms with E-state index in [2.05, 4.69) is 35.8 Å². The predicted molar refractivity (Wildman–Crippen MR) is 133 cm³/mol. The fraction of sp³-hybridized carbons (Fsp3) is 0.565. The molecule has 1 aliphatic heterocycles. The molecule has 0 spiro atoms. The Balaban J connectivity index is 1.57. The zero-order chi connectivity index (χ0) is 24.2. The normalized spacial score (nSPS) is 13.4. The number of hydrogen-bond donors (Lipinski definition) is 4. The van der Waals surface area contributed by atoms with Crippen LogP contribution in [-0.4, -0.2) is 79.5 Å². The Morgan fingerprint density at radius 2 is 1.79 bits per heavy atom. The van der Waals surface area contributed by atoms with E-state index in [4.69, 9.17) is 15.2 Å². The lowest BCUT2D eigenvalue weighted by Gasteiger charge is -2.18. The Morgan fingerprint density at radius 1 is 1.06 bits per heavy atom. The van der Waals surface area contributed by atoms with Gasteiger partial charge in [-0.05, 0) is 44.9 Å². The third-order valence-corrected chi connectivity index (χ3v) is 4.98. The molecule has 1 saturated heterocycles. The van der Waals surface area contributed by atoms with Crippen LogP contribution in [0, 0.1) is 0 Å². The molecule has 0 atom stereocenters. The zero-order valence-electron chi connectivity index (χ0n) is 20.0. The molecule has 11 heteroatoms. The highest BCUT2D eigenvalue weighted by Gasteiger charge is 2.18. The molecule has 2 heterocycles. The molecule has 2 aromatic rings. The van der Waals surface area contributed by atoms with Crippen molar-refractivity contribution in [3.05, 3.63) is 29.8 Å². The minimum atomic E-state index is -0.179. The molecule has 0 bridgehead atoms. The lowest BCUT2D eigenvalue weighted by atomic mass is 10.2. The molecule has 1 aliphatic rings. The molecule has 0 radical (unpaired) electrons. The number of hydrogen-bond acceptors (Lipinski definition) is 10. The van der Waals surface area contributed by atoms with Gasteiger partial charge in [0.15, 0.2) is 0 Å². The van der Waals surface area contributed by atoms with Crippen LogP contribution in [0.1, 0.15) is 37.0 Å². The molecule has 34 heavy (non-hydrogen) atoms. The Hall–Kier alpha value is -3.02. The lowest BCUT2D eigenvalue weighted by molar-refractivity contribution is 0.0511. The molecule has 1 aromatic carbocycles. The van der Waals surface area contributed by atoms with Gasteiger partial charge >= 0.3 is 0 Å². The van der Waals surface area contributed by atoms with Gasteiger partial charge < -0.3 is 36.1 Å². The molecule has 0 saturated carbocycles. The van der Waals surface area contributed by atoms with Crippen molar-refractivity contribution in [2.45, 2.75) is 32.7 Å². The van der Waals surface area contributed by atoms with Gasteiger partial charge in [-0.15, -0.1) is 0 Å². The van der Waals surface area contributed by atoms with Crippen LogP contribution in [0.2, 0.25) is 0 Å². The van der Waals surface area contributed by atoms with Crippen molar-refractivity contribution in [3.63, 3.8) is 0 Å². The van der Waals surface area contributed by atoms with E-state index < -0.39 is 0 Å². The number of amides is 1. The summed E-state index contributed by atoms with van der Waals surface area (Å²) in [5, 5.41) is 9.33. The topological polar surface area (TPSA) is 140 Å². The Bertz CT molecular complexity index is 906. The highest BCUT2D eigenvalue weighted by atomic mass is 16.5. The second-order valence-corrected chi connectivity index (χ2v) is 8.25.